The van der Waals surface area contributed by atoms with Crippen LogP contribution in [0.1, 0.15) is 43.3 Å². The Balaban J connectivity index is 1.68. The van der Waals surface area contributed by atoms with Gasteiger partial charge in [0.05, 0.1) is 12.2 Å². The SMILES string of the molecule is Cc1ccsc1[C@@H]1Cc2c(C(=O)N(C)Cc3nccn3C)c(=O)cc(C)n2-c2ccccc2S1. The minimum Gasteiger partial charge on any atom is -0.337 e. The van der Waals surface area contributed by atoms with E-state index in [0.29, 0.717) is 13.0 Å². The van der Waals surface area contributed by atoms with Gasteiger partial charge in [0, 0.05) is 65.4 Å². The largest absolute Gasteiger partial charge is 0.337 e. The molecule has 0 aliphatic carbocycles. The quantitative estimate of drug-likeness (QED) is 0.408. The lowest BCUT2D eigenvalue weighted by atomic mass is 10.0. The molecule has 34 heavy (non-hydrogen) atoms. The highest BCUT2D eigenvalue weighted by atomic mass is 32.2. The highest BCUT2D eigenvalue weighted by molar-refractivity contribution is 7.99. The maximum Gasteiger partial charge on any atom is 0.259 e. The van der Waals surface area contributed by atoms with Crippen LogP contribution >= 0.6 is 23.1 Å². The number of carbonyl (C=O) groups is 1. The van der Waals surface area contributed by atoms with Crippen LogP contribution in [0.25, 0.3) is 5.69 Å². The van der Waals surface area contributed by atoms with E-state index in [1.807, 2.05) is 36.9 Å². The maximum atomic E-state index is 13.7. The third-order valence-corrected chi connectivity index (χ3v) is 8.87. The monoisotopic (exact) mass is 490 g/mol. The van der Waals surface area contributed by atoms with E-state index in [1.165, 1.54) is 10.4 Å². The number of aryl methyl sites for hydroxylation is 3. The highest BCUT2D eigenvalue weighted by Crippen LogP contribution is 2.46. The summed E-state index contributed by atoms with van der Waals surface area (Å²) in [5.41, 5.74) is 3.88. The Bertz CT molecular complexity index is 1450. The van der Waals surface area contributed by atoms with Crippen molar-refractivity contribution in [2.24, 2.45) is 7.05 Å². The van der Waals surface area contributed by atoms with Crippen molar-refractivity contribution in [3.05, 3.63) is 97.6 Å². The maximum absolute atomic E-state index is 13.7. The number of imidazole rings is 1. The van der Waals surface area contributed by atoms with E-state index in [2.05, 4.69) is 40.1 Å². The van der Waals surface area contributed by atoms with Crippen molar-refractivity contribution in [3.63, 3.8) is 0 Å². The zero-order valence-electron chi connectivity index (χ0n) is 19.6. The van der Waals surface area contributed by atoms with Crippen molar-refractivity contribution in [3.8, 4) is 5.69 Å². The Labute approximate surface area is 206 Å². The van der Waals surface area contributed by atoms with E-state index in [4.69, 9.17) is 0 Å². The summed E-state index contributed by atoms with van der Waals surface area (Å²) in [6.45, 7) is 4.39. The van der Waals surface area contributed by atoms with Crippen LogP contribution in [-0.2, 0) is 20.0 Å². The van der Waals surface area contributed by atoms with Gasteiger partial charge in [0.15, 0.2) is 5.43 Å². The van der Waals surface area contributed by atoms with Gasteiger partial charge in [0.25, 0.3) is 5.91 Å². The Morgan fingerprint density at radius 1 is 1.24 bits per heavy atom. The summed E-state index contributed by atoms with van der Waals surface area (Å²) < 4.78 is 3.99. The number of benzene rings is 1. The van der Waals surface area contributed by atoms with Gasteiger partial charge < -0.3 is 14.0 Å². The molecule has 0 saturated heterocycles. The summed E-state index contributed by atoms with van der Waals surface area (Å²) in [5.74, 6) is 0.491. The number of aromatic nitrogens is 3. The molecular weight excluding hydrogens is 464 g/mol. The zero-order valence-corrected chi connectivity index (χ0v) is 21.2. The third kappa shape index (κ3) is 3.91. The Morgan fingerprint density at radius 2 is 2.03 bits per heavy atom. The summed E-state index contributed by atoms with van der Waals surface area (Å²) in [6, 6.07) is 12.0. The lowest BCUT2D eigenvalue weighted by molar-refractivity contribution is 0.0777. The fourth-order valence-corrected chi connectivity index (χ4v) is 7.04. The molecule has 0 saturated carbocycles. The van der Waals surface area contributed by atoms with Gasteiger partial charge in [-0.05, 0) is 43.0 Å². The molecular formula is C26H26N4O2S2. The van der Waals surface area contributed by atoms with E-state index in [-0.39, 0.29) is 22.1 Å². The van der Waals surface area contributed by atoms with Crippen molar-refractivity contribution in [1.82, 2.24) is 19.0 Å². The van der Waals surface area contributed by atoms with Crippen molar-refractivity contribution >= 4 is 29.0 Å². The number of thiophene rings is 1. The van der Waals surface area contributed by atoms with Crippen LogP contribution in [0.15, 0.2) is 63.9 Å². The molecule has 0 bridgehead atoms. The molecule has 0 spiro atoms. The number of para-hydroxylation sites is 1. The molecule has 0 radical (unpaired) electrons. The second kappa shape index (κ2) is 8.92. The normalized spacial score (nSPS) is 14.9. The molecule has 0 fully saturated rings. The van der Waals surface area contributed by atoms with Crippen molar-refractivity contribution in [1.29, 1.82) is 0 Å². The molecule has 1 aliphatic rings. The van der Waals surface area contributed by atoms with Gasteiger partial charge in [0.2, 0.25) is 0 Å². The summed E-state index contributed by atoms with van der Waals surface area (Å²) in [4.78, 5) is 35.4. The number of thioether (sulfide) groups is 1. The second-order valence-corrected chi connectivity index (χ2v) is 10.9. The van der Waals surface area contributed by atoms with Gasteiger partial charge in [-0.1, -0.05) is 12.1 Å². The van der Waals surface area contributed by atoms with Crippen LogP contribution < -0.4 is 5.43 Å². The number of hydrogen-bond acceptors (Lipinski definition) is 5. The molecule has 1 amide bonds. The standard InChI is InChI=1S/C26H26N4O2S2/c1-16-9-12-33-25(16)22-14-19-24(26(32)29(4)15-23-27-10-11-28(23)3)20(31)13-17(2)30(19)18-7-5-6-8-21(18)34-22/h5-13,22H,14-15H2,1-4H3/t22-/m0/s1. The average molecular weight is 491 g/mol. The second-order valence-electron chi connectivity index (χ2n) is 8.67. The number of rotatable bonds is 4. The third-order valence-electron chi connectivity index (χ3n) is 6.31. The first-order chi connectivity index (χ1) is 16.3. The lowest BCUT2D eigenvalue weighted by Crippen LogP contribution is -2.34. The predicted molar refractivity (Wildman–Crippen MR) is 137 cm³/mol. The van der Waals surface area contributed by atoms with E-state index >= 15 is 0 Å². The van der Waals surface area contributed by atoms with Gasteiger partial charge in [-0.15, -0.1) is 23.1 Å². The fraction of sp³-hybridized carbons (Fsp3) is 0.269. The molecule has 6 nitrogen and oxygen atoms in total. The molecule has 1 aliphatic heterocycles. The summed E-state index contributed by atoms with van der Waals surface area (Å²) in [7, 11) is 3.63. The highest BCUT2D eigenvalue weighted by Gasteiger charge is 2.31. The van der Waals surface area contributed by atoms with Gasteiger partial charge in [-0.3, -0.25) is 9.59 Å². The molecule has 0 unspecified atom stereocenters. The van der Waals surface area contributed by atoms with Crippen LogP contribution in [0.4, 0.5) is 0 Å². The number of pyridine rings is 1. The van der Waals surface area contributed by atoms with Crippen LogP contribution in [0.3, 0.4) is 0 Å². The molecule has 1 atom stereocenters. The first-order valence-corrected chi connectivity index (χ1v) is 12.9. The predicted octanol–water partition coefficient (Wildman–Crippen LogP) is 4.91. The first kappa shape index (κ1) is 22.7. The first-order valence-electron chi connectivity index (χ1n) is 11.1. The summed E-state index contributed by atoms with van der Waals surface area (Å²) in [5, 5.41) is 2.22. The van der Waals surface area contributed by atoms with Crippen LogP contribution in [-0.4, -0.2) is 32.0 Å². The molecule has 1 aromatic carbocycles. The van der Waals surface area contributed by atoms with E-state index in [1.54, 1.807) is 47.3 Å². The number of carbonyl (C=O) groups excluding carboxylic acids is 1. The minimum absolute atomic E-state index is 0.113. The zero-order chi connectivity index (χ0) is 24.0. The minimum atomic E-state index is -0.275. The average Bonchev–Trinajstić information content (AvgIpc) is 3.36. The Hall–Kier alpha value is -3.10. The molecule has 174 valence electrons. The van der Waals surface area contributed by atoms with Gasteiger partial charge in [0.1, 0.15) is 11.4 Å². The molecule has 0 N–H and O–H groups in total. The Morgan fingerprint density at radius 3 is 2.74 bits per heavy atom. The van der Waals surface area contributed by atoms with Crippen LogP contribution in [0, 0.1) is 13.8 Å². The molecule has 3 aromatic heterocycles. The summed E-state index contributed by atoms with van der Waals surface area (Å²) in [6.07, 6.45) is 4.15. The van der Waals surface area contributed by atoms with E-state index in [0.717, 1.165) is 27.8 Å². The molecule has 4 heterocycles. The number of fused-ring (bicyclic) bond motifs is 3. The smallest absolute Gasteiger partial charge is 0.259 e. The Kier molecular flexibility index (Phi) is 5.95. The van der Waals surface area contributed by atoms with E-state index in [9.17, 15) is 9.59 Å². The van der Waals surface area contributed by atoms with Gasteiger partial charge in [-0.25, -0.2) is 4.98 Å². The lowest BCUT2D eigenvalue weighted by Gasteiger charge is -2.23. The number of amides is 1. The molecule has 8 heteroatoms. The van der Waals surface area contributed by atoms with Crippen molar-refractivity contribution in [2.75, 3.05) is 7.05 Å². The van der Waals surface area contributed by atoms with E-state index < -0.39 is 0 Å². The van der Waals surface area contributed by atoms with Gasteiger partial charge >= 0.3 is 0 Å². The summed E-state index contributed by atoms with van der Waals surface area (Å²) >= 11 is 3.54. The van der Waals surface area contributed by atoms with Crippen LogP contribution in [0.2, 0.25) is 0 Å². The number of hydrogen-bond donors (Lipinski definition) is 0. The van der Waals surface area contributed by atoms with Gasteiger partial charge in [-0.2, -0.15) is 0 Å². The van der Waals surface area contributed by atoms with Crippen molar-refractivity contribution in [2.45, 2.75) is 37.0 Å². The van der Waals surface area contributed by atoms with Crippen molar-refractivity contribution < 1.29 is 4.79 Å². The molecule has 4 aromatic rings. The topological polar surface area (TPSA) is 60.1 Å². The van der Waals surface area contributed by atoms with Crippen LogP contribution in [0.5, 0.6) is 0 Å². The number of nitrogens with zero attached hydrogens (tertiary/aromatic N) is 4. The molecule has 5 rings (SSSR count). The fourth-order valence-electron chi connectivity index (χ4n) is 4.55.